The quantitative estimate of drug-likeness (QED) is 0.512. The number of aliphatic carboxylic acids is 1. The highest BCUT2D eigenvalue weighted by molar-refractivity contribution is 5.98. The maximum absolute atomic E-state index is 11.7. The molecule has 1 unspecified atom stereocenters. The molecule has 1 rings (SSSR count). The van der Waals surface area contributed by atoms with Crippen molar-refractivity contribution in [1.82, 2.24) is 5.32 Å². The molecule has 0 aliphatic heterocycles. The summed E-state index contributed by atoms with van der Waals surface area (Å²) in [7, 11) is 0. The first-order chi connectivity index (χ1) is 8.82. The Morgan fingerprint density at radius 3 is 2.63 bits per heavy atom. The van der Waals surface area contributed by atoms with Crippen molar-refractivity contribution in [1.29, 1.82) is 0 Å². The maximum atomic E-state index is 11.7. The van der Waals surface area contributed by atoms with Gasteiger partial charge in [-0.25, -0.2) is 4.79 Å². The number of nitrogens with zero attached hydrogens (tertiary/aromatic N) is 1. The van der Waals surface area contributed by atoms with Crippen LogP contribution in [0.25, 0.3) is 0 Å². The number of aryl methyl sites for hydroxylation is 1. The number of nitro benzene ring substituents is 1. The van der Waals surface area contributed by atoms with Crippen molar-refractivity contribution < 1.29 is 24.7 Å². The molecular formula is C11H12N2O6. The first-order valence-corrected chi connectivity index (χ1v) is 5.27. The highest BCUT2D eigenvalue weighted by atomic mass is 16.6. The Labute approximate surface area is 107 Å². The van der Waals surface area contributed by atoms with E-state index >= 15 is 0 Å². The molecule has 0 aliphatic carbocycles. The van der Waals surface area contributed by atoms with Crippen LogP contribution >= 0.6 is 0 Å². The lowest BCUT2D eigenvalue weighted by Crippen LogP contribution is -2.36. The Kier molecular flexibility index (Phi) is 4.54. The van der Waals surface area contributed by atoms with Gasteiger partial charge in [0.2, 0.25) is 0 Å². The van der Waals surface area contributed by atoms with Gasteiger partial charge in [-0.05, 0) is 18.6 Å². The van der Waals surface area contributed by atoms with Gasteiger partial charge < -0.3 is 15.5 Å². The Balaban J connectivity index is 2.90. The third kappa shape index (κ3) is 3.75. The average molecular weight is 268 g/mol. The van der Waals surface area contributed by atoms with Crippen LogP contribution in [-0.2, 0) is 4.79 Å². The van der Waals surface area contributed by atoms with Crippen LogP contribution in [0.5, 0.6) is 0 Å². The van der Waals surface area contributed by atoms with E-state index in [4.69, 9.17) is 10.2 Å². The number of aliphatic hydroxyl groups is 1. The number of carbonyl (C=O) groups excluding carboxylic acids is 1. The van der Waals surface area contributed by atoms with Crippen LogP contribution in [0.15, 0.2) is 18.2 Å². The summed E-state index contributed by atoms with van der Waals surface area (Å²) in [6, 6.07) is 4.00. The van der Waals surface area contributed by atoms with Crippen molar-refractivity contribution >= 4 is 17.6 Å². The van der Waals surface area contributed by atoms with Crippen LogP contribution in [0.2, 0.25) is 0 Å². The summed E-state index contributed by atoms with van der Waals surface area (Å²) in [6.07, 6.45) is -1.76. The van der Waals surface area contributed by atoms with E-state index in [2.05, 4.69) is 5.32 Å². The average Bonchev–Trinajstić information content (AvgIpc) is 2.34. The lowest BCUT2D eigenvalue weighted by Gasteiger charge is -2.08. The van der Waals surface area contributed by atoms with Crippen LogP contribution < -0.4 is 5.32 Å². The molecule has 0 fully saturated rings. The number of hydrogen-bond donors (Lipinski definition) is 3. The number of carboxylic acid groups (broad SMARTS) is 1. The molecule has 1 amide bonds. The zero-order chi connectivity index (χ0) is 14.6. The third-order valence-corrected chi connectivity index (χ3v) is 2.33. The Morgan fingerprint density at radius 2 is 2.11 bits per heavy atom. The largest absolute Gasteiger partial charge is 0.479 e. The summed E-state index contributed by atoms with van der Waals surface area (Å²) >= 11 is 0. The molecule has 0 aliphatic rings. The molecular weight excluding hydrogens is 256 g/mol. The Bertz CT molecular complexity index is 528. The molecule has 8 nitrogen and oxygen atoms in total. The van der Waals surface area contributed by atoms with Gasteiger partial charge in [0.15, 0.2) is 6.10 Å². The molecule has 1 aromatic carbocycles. The summed E-state index contributed by atoms with van der Waals surface area (Å²) in [5, 5.41) is 30.3. The summed E-state index contributed by atoms with van der Waals surface area (Å²) in [6.45, 7) is 1.13. The molecule has 0 aromatic heterocycles. The number of carboxylic acids is 1. The number of nitrogens with one attached hydrogen (secondary N) is 1. The van der Waals surface area contributed by atoms with Crippen LogP contribution in [-0.4, -0.2) is 39.7 Å². The SMILES string of the molecule is Cc1ccc([N+](=O)[O-])c(C(=O)NCC(O)C(=O)O)c1. The van der Waals surface area contributed by atoms with Crippen LogP contribution in [0, 0.1) is 17.0 Å². The third-order valence-electron chi connectivity index (χ3n) is 2.33. The van der Waals surface area contributed by atoms with Gasteiger partial charge in [-0.3, -0.25) is 14.9 Å². The number of benzene rings is 1. The van der Waals surface area contributed by atoms with E-state index in [0.717, 1.165) is 0 Å². The van der Waals surface area contributed by atoms with Crippen molar-refractivity contribution in [2.45, 2.75) is 13.0 Å². The molecule has 0 bridgehead atoms. The van der Waals surface area contributed by atoms with Crippen molar-refractivity contribution in [2.75, 3.05) is 6.54 Å². The van der Waals surface area contributed by atoms with E-state index in [0.29, 0.717) is 5.56 Å². The minimum atomic E-state index is -1.76. The zero-order valence-corrected chi connectivity index (χ0v) is 9.99. The van der Waals surface area contributed by atoms with Gasteiger partial charge in [0.05, 0.1) is 11.5 Å². The van der Waals surface area contributed by atoms with Crippen molar-refractivity contribution in [3.8, 4) is 0 Å². The summed E-state index contributed by atoms with van der Waals surface area (Å²) < 4.78 is 0. The number of aliphatic hydroxyl groups excluding tert-OH is 1. The molecule has 0 saturated heterocycles. The number of rotatable bonds is 5. The number of hydrogen-bond acceptors (Lipinski definition) is 5. The molecule has 0 radical (unpaired) electrons. The fourth-order valence-corrected chi connectivity index (χ4v) is 1.36. The van der Waals surface area contributed by atoms with Crippen molar-refractivity contribution in [3.63, 3.8) is 0 Å². The molecule has 3 N–H and O–H groups in total. The minimum Gasteiger partial charge on any atom is -0.479 e. The van der Waals surface area contributed by atoms with E-state index in [1.54, 1.807) is 6.92 Å². The van der Waals surface area contributed by atoms with Crippen molar-refractivity contribution in [2.24, 2.45) is 0 Å². The van der Waals surface area contributed by atoms with E-state index in [1.165, 1.54) is 18.2 Å². The summed E-state index contributed by atoms with van der Waals surface area (Å²) in [4.78, 5) is 32.2. The molecule has 0 spiro atoms. The highest BCUT2D eigenvalue weighted by Gasteiger charge is 2.21. The fourth-order valence-electron chi connectivity index (χ4n) is 1.36. The molecule has 8 heteroatoms. The number of carbonyl (C=O) groups is 2. The van der Waals surface area contributed by atoms with E-state index in [9.17, 15) is 19.7 Å². The summed E-state index contributed by atoms with van der Waals surface area (Å²) in [5.74, 6) is -2.30. The second kappa shape index (κ2) is 5.91. The van der Waals surface area contributed by atoms with Crippen LogP contribution in [0.3, 0.4) is 0 Å². The highest BCUT2D eigenvalue weighted by Crippen LogP contribution is 2.19. The van der Waals surface area contributed by atoms with Crippen LogP contribution in [0.4, 0.5) is 5.69 Å². The maximum Gasteiger partial charge on any atom is 0.334 e. The Hall–Kier alpha value is -2.48. The Morgan fingerprint density at radius 1 is 1.47 bits per heavy atom. The predicted octanol–water partition coefficient (Wildman–Crippen LogP) is 0.0785. The lowest BCUT2D eigenvalue weighted by atomic mass is 10.1. The molecule has 102 valence electrons. The summed E-state index contributed by atoms with van der Waals surface area (Å²) in [5.41, 5.74) is 0.0880. The van der Waals surface area contributed by atoms with E-state index in [1.807, 2.05) is 0 Å². The number of nitro groups is 1. The minimum absolute atomic E-state index is 0.178. The second-order valence-corrected chi connectivity index (χ2v) is 3.84. The van der Waals surface area contributed by atoms with Gasteiger partial charge in [0.1, 0.15) is 5.56 Å². The predicted molar refractivity (Wildman–Crippen MR) is 63.8 cm³/mol. The first-order valence-electron chi connectivity index (χ1n) is 5.27. The monoisotopic (exact) mass is 268 g/mol. The second-order valence-electron chi connectivity index (χ2n) is 3.84. The van der Waals surface area contributed by atoms with Gasteiger partial charge in [-0.15, -0.1) is 0 Å². The molecule has 19 heavy (non-hydrogen) atoms. The topological polar surface area (TPSA) is 130 Å². The molecule has 1 atom stereocenters. The first kappa shape index (κ1) is 14.6. The van der Waals surface area contributed by atoms with E-state index < -0.39 is 29.4 Å². The normalized spacial score (nSPS) is 11.7. The van der Waals surface area contributed by atoms with Gasteiger partial charge >= 0.3 is 5.97 Å². The van der Waals surface area contributed by atoms with Gasteiger partial charge in [-0.2, -0.15) is 0 Å². The lowest BCUT2D eigenvalue weighted by molar-refractivity contribution is -0.385. The number of amides is 1. The smallest absolute Gasteiger partial charge is 0.334 e. The fraction of sp³-hybridized carbons (Fsp3) is 0.273. The van der Waals surface area contributed by atoms with Gasteiger partial charge in [0, 0.05) is 6.07 Å². The zero-order valence-electron chi connectivity index (χ0n) is 9.99. The van der Waals surface area contributed by atoms with Gasteiger partial charge in [0.25, 0.3) is 11.6 Å². The standard InChI is InChI=1S/C11H12N2O6/c1-6-2-3-8(13(18)19)7(4-6)10(15)12-5-9(14)11(16)17/h2-4,9,14H,5H2,1H3,(H,12,15)(H,16,17). The molecule has 1 aromatic rings. The van der Waals surface area contributed by atoms with Crippen LogP contribution in [0.1, 0.15) is 15.9 Å². The molecule has 0 heterocycles. The molecule has 0 saturated carbocycles. The van der Waals surface area contributed by atoms with Crippen molar-refractivity contribution in [3.05, 3.63) is 39.4 Å². The van der Waals surface area contributed by atoms with Gasteiger partial charge in [-0.1, -0.05) is 6.07 Å². The van der Waals surface area contributed by atoms with E-state index in [-0.39, 0.29) is 11.3 Å².